The van der Waals surface area contributed by atoms with Crippen LogP contribution < -0.4 is 5.73 Å². The molecule has 3 N–H and O–H groups in total. The summed E-state index contributed by atoms with van der Waals surface area (Å²) in [6.07, 6.45) is 2.52. The third-order valence-corrected chi connectivity index (χ3v) is 2.06. The summed E-state index contributed by atoms with van der Waals surface area (Å²) >= 11 is 0. The second-order valence-corrected chi connectivity index (χ2v) is 3.13. The van der Waals surface area contributed by atoms with Crippen LogP contribution in [0.2, 0.25) is 0 Å². The first kappa shape index (κ1) is 10.9. The number of aliphatic hydroxyl groups is 1. The SMILES string of the molecule is COCCCC(O)c1cccnc1N. The van der Waals surface area contributed by atoms with E-state index in [1.54, 1.807) is 25.4 Å². The number of aliphatic hydroxyl groups excluding tert-OH is 1. The quantitative estimate of drug-likeness (QED) is 0.692. The molecule has 0 aliphatic carbocycles. The lowest BCUT2D eigenvalue weighted by Crippen LogP contribution is -2.04. The van der Waals surface area contributed by atoms with E-state index in [2.05, 4.69) is 4.98 Å². The Hall–Kier alpha value is -1.13. The smallest absolute Gasteiger partial charge is 0.129 e. The maximum Gasteiger partial charge on any atom is 0.129 e. The number of anilines is 1. The number of pyridine rings is 1. The Kier molecular flexibility index (Phi) is 4.35. The van der Waals surface area contributed by atoms with Gasteiger partial charge in [0.1, 0.15) is 5.82 Å². The van der Waals surface area contributed by atoms with E-state index in [1.807, 2.05) is 0 Å². The summed E-state index contributed by atoms with van der Waals surface area (Å²) in [5.74, 6) is 0.400. The minimum Gasteiger partial charge on any atom is -0.388 e. The molecule has 0 aliphatic rings. The summed E-state index contributed by atoms with van der Waals surface area (Å²) in [5.41, 5.74) is 6.32. The molecule has 0 bridgehead atoms. The zero-order valence-electron chi connectivity index (χ0n) is 8.31. The maximum atomic E-state index is 9.75. The van der Waals surface area contributed by atoms with Crippen LogP contribution in [0.1, 0.15) is 24.5 Å². The summed E-state index contributed by atoms with van der Waals surface area (Å²) in [7, 11) is 1.64. The molecule has 78 valence electrons. The first-order valence-corrected chi connectivity index (χ1v) is 4.63. The number of ether oxygens (including phenoxy) is 1. The topological polar surface area (TPSA) is 68.4 Å². The summed E-state index contributed by atoms with van der Waals surface area (Å²) < 4.78 is 4.90. The van der Waals surface area contributed by atoms with Crippen molar-refractivity contribution in [3.8, 4) is 0 Å². The van der Waals surface area contributed by atoms with Gasteiger partial charge >= 0.3 is 0 Å². The molecule has 0 amide bonds. The van der Waals surface area contributed by atoms with Gasteiger partial charge in [-0.2, -0.15) is 0 Å². The monoisotopic (exact) mass is 196 g/mol. The highest BCUT2D eigenvalue weighted by molar-refractivity contribution is 5.39. The fourth-order valence-corrected chi connectivity index (χ4v) is 1.29. The molecular weight excluding hydrogens is 180 g/mol. The number of rotatable bonds is 5. The lowest BCUT2D eigenvalue weighted by molar-refractivity contribution is 0.136. The van der Waals surface area contributed by atoms with E-state index in [-0.39, 0.29) is 0 Å². The molecule has 1 heterocycles. The third-order valence-electron chi connectivity index (χ3n) is 2.06. The van der Waals surface area contributed by atoms with Gasteiger partial charge in [0.25, 0.3) is 0 Å². The molecule has 0 saturated carbocycles. The van der Waals surface area contributed by atoms with Crippen LogP contribution in [-0.2, 0) is 4.74 Å². The van der Waals surface area contributed by atoms with Crippen LogP contribution in [0.4, 0.5) is 5.82 Å². The number of hydrogen-bond acceptors (Lipinski definition) is 4. The second kappa shape index (κ2) is 5.57. The molecule has 1 rings (SSSR count). The van der Waals surface area contributed by atoms with Gasteiger partial charge in [-0.05, 0) is 18.9 Å². The maximum absolute atomic E-state index is 9.75. The van der Waals surface area contributed by atoms with Crippen molar-refractivity contribution in [2.24, 2.45) is 0 Å². The van der Waals surface area contributed by atoms with E-state index >= 15 is 0 Å². The lowest BCUT2D eigenvalue weighted by atomic mass is 10.1. The van der Waals surface area contributed by atoms with Gasteiger partial charge in [-0.1, -0.05) is 6.07 Å². The van der Waals surface area contributed by atoms with Crippen molar-refractivity contribution in [2.75, 3.05) is 19.5 Å². The van der Waals surface area contributed by atoms with Gasteiger partial charge < -0.3 is 15.6 Å². The van der Waals surface area contributed by atoms with Crippen molar-refractivity contribution in [3.63, 3.8) is 0 Å². The Morgan fingerprint density at radius 2 is 2.43 bits per heavy atom. The van der Waals surface area contributed by atoms with E-state index in [9.17, 15) is 5.11 Å². The number of hydrogen-bond donors (Lipinski definition) is 2. The summed E-state index contributed by atoms with van der Waals surface area (Å²) in [6, 6.07) is 3.56. The molecule has 4 heteroatoms. The van der Waals surface area contributed by atoms with Crippen LogP contribution in [0.3, 0.4) is 0 Å². The fraction of sp³-hybridized carbons (Fsp3) is 0.500. The number of nitrogen functional groups attached to an aromatic ring is 1. The second-order valence-electron chi connectivity index (χ2n) is 3.13. The number of methoxy groups -OCH3 is 1. The number of nitrogens with two attached hydrogens (primary N) is 1. The number of nitrogens with zero attached hydrogens (tertiary/aromatic N) is 1. The third kappa shape index (κ3) is 2.97. The van der Waals surface area contributed by atoms with Crippen LogP contribution >= 0.6 is 0 Å². The molecule has 14 heavy (non-hydrogen) atoms. The largest absolute Gasteiger partial charge is 0.388 e. The number of aromatic nitrogens is 1. The standard InChI is InChI=1S/C10H16N2O2/c1-14-7-3-5-9(13)8-4-2-6-12-10(8)11/h2,4,6,9,13H,3,5,7H2,1H3,(H2,11,12). The first-order valence-electron chi connectivity index (χ1n) is 4.63. The van der Waals surface area contributed by atoms with Crippen molar-refractivity contribution in [1.29, 1.82) is 0 Å². The molecule has 1 atom stereocenters. The Labute approximate surface area is 83.7 Å². The van der Waals surface area contributed by atoms with Crippen LogP contribution in [0.15, 0.2) is 18.3 Å². The highest BCUT2D eigenvalue weighted by atomic mass is 16.5. The van der Waals surface area contributed by atoms with Crippen LogP contribution in [0.5, 0.6) is 0 Å². The molecule has 4 nitrogen and oxygen atoms in total. The van der Waals surface area contributed by atoms with Gasteiger partial charge in [0.2, 0.25) is 0 Å². The molecule has 0 radical (unpaired) electrons. The Balaban J connectivity index is 2.51. The highest BCUT2D eigenvalue weighted by Crippen LogP contribution is 2.21. The predicted octanol–water partition coefficient (Wildman–Crippen LogP) is 1.12. The summed E-state index contributed by atoms with van der Waals surface area (Å²) in [4.78, 5) is 3.91. The average Bonchev–Trinajstić information content (AvgIpc) is 2.18. The van der Waals surface area contributed by atoms with Gasteiger partial charge in [0, 0.05) is 25.5 Å². The van der Waals surface area contributed by atoms with Crippen molar-refractivity contribution in [3.05, 3.63) is 23.9 Å². The minimum atomic E-state index is -0.543. The van der Waals surface area contributed by atoms with E-state index < -0.39 is 6.10 Å². The van der Waals surface area contributed by atoms with Crippen molar-refractivity contribution < 1.29 is 9.84 Å². The Morgan fingerprint density at radius 1 is 1.64 bits per heavy atom. The molecule has 1 unspecified atom stereocenters. The summed E-state index contributed by atoms with van der Waals surface area (Å²) in [6.45, 7) is 0.650. The Bertz CT molecular complexity index is 279. The van der Waals surface area contributed by atoms with Crippen LogP contribution in [-0.4, -0.2) is 23.8 Å². The normalized spacial score (nSPS) is 12.7. The van der Waals surface area contributed by atoms with Gasteiger partial charge in [0.05, 0.1) is 6.10 Å². The van der Waals surface area contributed by atoms with Crippen molar-refractivity contribution in [1.82, 2.24) is 4.98 Å². The molecule has 1 aromatic heterocycles. The van der Waals surface area contributed by atoms with E-state index in [0.717, 1.165) is 6.42 Å². The highest BCUT2D eigenvalue weighted by Gasteiger charge is 2.10. The lowest BCUT2D eigenvalue weighted by Gasteiger charge is -2.11. The molecule has 0 spiro atoms. The van der Waals surface area contributed by atoms with Crippen molar-refractivity contribution >= 4 is 5.82 Å². The van der Waals surface area contributed by atoms with Gasteiger partial charge in [-0.3, -0.25) is 0 Å². The van der Waals surface area contributed by atoms with E-state index in [1.165, 1.54) is 0 Å². The zero-order valence-corrected chi connectivity index (χ0v) is 8.31. The van der Waals surface area contributed by atoms with Gasteiger partial charge in [0.15, 0.2) is 0 Å². The molecule has 0 fully saturated rings. The fourth-order valence-electron chi connectivity index (χ4n) is 1.29. The molecule has 1 aromatic rings. The molecule has 0 aliphatic heterocycles. The van der Waals surface area contributed by atoms with E-state index in [0.29, 0.717) is 24.4 Å². The molecule has 0 saturated heterocycles. The average molecular weight is 196 g/mol. The van der Waals surface area contributed by atoms with Gasteiger partial charge in [-0.15, -0.1) is 0 Å². The minimum absolute atomic E-state index is 0.400. The summed E-state index contributed by atoms with van der Waals surface area (Å²) in [5, 5.41) is 9.75. The molecular formula is C10H16N2O2. The Morgan fingerprint density at radius 3 is 3.07 bits per heavy atom. The molecule has 0 aromatic carbocycles. The van der Waals surface area contributed by atoms with Gasteiger partial charge in [-0.25, -0.2) is 4.98 Å². The van der Waals surface area contributed by atoms with Crippen LogP contribution in [0, 0.1) is 0 Å². The van der Waals surface area contributed by atoms with Crippen LogP contribution in [0.25, 0.3) is 0 Å². The first-order chi connectivity index (χ1) is 6.75. The zero-order chi connectivity index (χ0) is 10.4. The predicted molar refractivity (Wildman–Crippen MR) is 54.7 cm³/mol. The van der Waals surface area contributed by atoms with Crippen molar-refractivity contribution in [2.45, 2.75) is 18.9 Å². The van der Waals surface area contributed by atoms with E-state index in [4.69, 9.17) is 10.5 Å².